The smallest absolute Gasteiger partial charge is 0.273 e. The van der Waals surface area contributed by atoms with Crippen LogP contribution in [0.25, 0.3) is 11.6 Å². The van der Waals surface area contributed by atoms with Crippen molar-refractivity contribution in [3.05, 3.63) is 97.1 Å². The van der Waals surface area contributed by atoms with Crippen molar-refractivity contribution >= 4 is 23.2 Å². The lowest BCUT2D eigenvalue weighted by Crippen LogP contribution is -2.48. The van der Waals surface area contributed by atoms with E-state index >= 15 is 0 Å². The minimum atomic E-state index is -0.524. The number of hydrogen-bond donors (Lipinski definition) is 3. The van der Waals surface area contributed by atoms with E-state index in [0.29, 0.717) is 11.3 Å². The van der Waals surface area contributed by atoms with Gasteiger partial charge in [0.15, 0.2) is 0 Å². The molecule has 0 bridgehead atoms. The molecule has 122 valence electrons. The summed E-state index contributed by atoms with van der Waals surface area (Å²) >= 11 is 0. The molecule has 0 unspecified atom stereocenters. The molecule has 0 aliphatic carbocycles. The summed E-state index contributed by atoms with van der Waals surface area (Å²) in [5.74, 6) is -0.415. The molecular weight excluding hydrogens is 318 g/mol. The van der Waals surface area contributed by atoms with Crippen LogP contribution in [0.4, 0.5) is 5.69 Å². The average Bonchev–Trinajstić information content (AvgIpc) is 2.94. The van der Waals surface area contributed by atoms with Crippen molar-refractivity contribution < 1.29 is 4.79 Å². The number of fused-ring (bicyclic) bond motifs is 1. The molecule has 1 amide bonds. The summed E-state index contributed by atoms with van der Waals surface area (Å²) in [6.45, 7) is 0. The zero-order valence-electron chi connectivity index (χ0n) is 13.0. The van der Waals surface area contributed by atoms with E-state index in [9.17, 15) is 14.4 Å². The fraction of sp³-hybridized carbons (Fsp3) is 0. The van der Waals surface area contributed by atoms with Gasteiger partial charge >= 0.3 is 0 Å². The third-order valence-electron chi connectivity index (χ3n) is 3.99. The second kappa shape index (κ2) is 5.76. The van der Waals surface area contributed by atoms with Crippen LogP contribution in [-0.4, -0.2) is 15.9 Å². The molecule has 1 aliphatic rings. The van der Waals surface area contributed by atoms with Crippen molar-refractivity contribution in [1.29, 1.82) is 0 Å². The summed E-state index contributed by atoms with van der Waals surface area (Å²) in [5.41, 5.74) is 1.16. The number of amides is 1. The number of hydrogen-bond acceptors (Lipinski definition) is 3. The Morgan fingerprint density at radius 1 is 0.760 bits per heavy atom. The van der Waals surface area contributed by atoms with Crippen LogP contribution < -0.4 is 27.1 Å². The van der Waals surface area contributed by atoms with Crippen molar-refractivity contribution in [2.24, 2.45) is 0 Å². The van der Waals surface area contributed by atoms with Crippen molar-refractivity contribution in [1.82, 2.24) is 9.97 Å². The van der Waals surface area contributed by atoms with E-state index in [1.54, 1.807) is 30.3 Å². The van der Waals surface area contributed by atoms with Gasteiger partial charge in [-0.25, -0.2) is 0 Å². The first-order valence-corrected chi connectivity index (χ1v) is 7.68. The summed E-state index contributed by atoms with van der Waals surface area (Å²) in [5, 5.41) is 2.78. The molecule has 1 aliphatic heterocycles. The van der Waals surface area contributed by atoms with Gasteiger partial charge in [-0.3, -0.25) is 14.4 Å². The summed E-state index contributed by atoms with van der Waals surface area (Å²) in [6, 6.07) is 16.2. The molecule has 0 radical (unpaired) electrons. The molecule has 6 heteroatoms. The van der Waals surface area contributed by atoms with Gasteiger partial charge in [-0.15, -0.1) is 0 Å². The standard InChI is InChI=1S/C19H13N3O3/c23-17-14(10-11-6-2-1-3-7-11)21-19(25)16(22-17)15-12-8-4-5-9-13(12)20-18(15)24/h1-10H,(H,20,24)(H,21,25)(H,22,23)/b14-10+,16-15-. The Morgan fingerprint density at radius 2 is 1.48 bits per heavy atom. The lowest BCUT2D eigenvalue weighted by Gasteiger charge is -1.97. The third-order valence-corrected chi connectivity index (χ3v) is 3.99. The number of para-hydroxylation sites is 1. The van der Waals surface area contributed by atoms with Gasteiger partial charge in [0.25, 0.3) is 17.0 Å². The fourth-order valence-electron chi connectivity index (χ4n) is 2.84. The zero-order chi connectivity index (χ0) is 17.4. The fourth-order valence-corrected chi connectivity index (χ4v) is 2.84. The molecule has 0 spiro atoms. The number of benzene rings is 2. The normalized spacial score (nSPS) is 15.8. The lowest BCUT2D eigenvalue weighted by atomic mass is 10.1. The van der Waals surface area contributed by atoms with E-state index in [0.717, 1.165) is 5.56 Å². The van der Waals surface area contributed by atoms with Crippen molar-refractivity contribution in [3.8, 4) is 0 Å². The number of nitrogens with one attached hydrogen (secondary N) is 3. The first-order valence-electron chi connectivity index (χ1n) is 7.68. The number of carbonyl (C=O) groups excluding carboxylic acids is 1. The molecule has 2 heterocycles. The lowest BCUT2D eigenvalue weighted by molar-refractivity contribution is -0.110. The Bertz CT molecular complexity index is 1220. The highest BCUT2D eigenvalue weighted by atomic mass is 16.2. The van der Waals surface area contributed by atoms with Crippen LogP contribution in [-0.2, 0) is 4.79 Å². The van der Waals surface area contributed by atoms with Gasteiger partial charge in [-0.05, 0) is 17.7 Å². The maximum atomic E-state index is 12.5. The van der Waals surface area contributed by atoms with Gasteiger partial charge in [-0.1, -0.05) is 48.5 Å². The number of carbonyl (C=O) groups is 1. The van der Waals surface area contributed by atoms with Gasteiger partial charge in [0, 0.05) is 11.3 Å². The Balaban J connectivity index is 2.00. The first-order chi connectivity index (χ1) is 12.1. The van der Waals surface area contributed by atoms with Gasteiger partial charge in [0.1, 0.15) is 10.7 Å². The molecule has 0 saturated heterocycles. The number of anilines is 1. The Kier molecular flexibility index (Phi) is 3.43. The second-order valence-corrected chi connectivity index (χ2v) is 5.63. The van der Waals surface area contributed by atoms with Gasteiger partial charge in [0.05, 0.1) is 5.57 Å². The van der Waals surface area contributed by atoms with Crippen LogP contribution in [0.3, 0.4) is 0 Å². The van der Waals surface area contributed by atoms with Gasteiger partial charge in [-0.2, -0.15) is 0 Å². The number of H-pyrrole nitrogens is 2. The van der Waals surface area contributed by atoms with Gasteiger partial charge < -0.3 is 15.3 Å². The predicted octanol–water partition coefficient (Wildman–Crippen LogP) is 0.0431. The number of rotatable bonds is 1. The molecule has 0 fully saturated rings. The van der Waals surface area contributed by atoms with E-state index in [2.05, 4.69) is 15.3 Å². The summed E-state index contributed by atoms with van der Waals surface area (Å²) in [4.78, 5) is 42.2. The second-order valence-electron chi connectivity index (χ2n) is 5.63. The zero-order valence-corrected chi connectivity index (χ0v) is 13.0. The number of aromatic amines is 2. The molecule has 2 aromatic carbocycles. The van der Waals surface area contributed by atoms with Crippen LogP contribution in [0, 0.1) is 0 Å². The van der Waals surface area contributed by atoms with E-state index in [1.165, 1.54) is 0 Å². The third kappa shape index (κ3) is 2.59. The maximum absolute atomic E-state index is 12.5. The molecular formula is C19H13N3O3. The van der Waals surface area contributed by atoms with Gasteiger partial charge in [0.2, 0.25) is 0 Å². The summed E-state index contributed by atoms with van der Waals surface area (Å²) < 4.78 is 0. The van der Waals surface area contributed by atoms with E-state index in [1.807, 2.05) is 30.3 Å². The van der Waals surface area contributed by atoms with Crippen molar-refractivity contribution in [2.75, 3.05) is 5.32 Å². The molecule has 0 saturated carbocycles. The van der Waals surface area contributed by atoms with Crippen LogP contribution in [0.2, 0.25) is 0 Å². The minimum absolute atomic E-state index is 0.0438. The SMILES string of the molecule is O=C1Nc2ccccc2/C1=c1/[nH]c(=O)/c(=C\c2ccccc2)[nH]c1=O. The molecule has 4 rings (SSSR count). The van der Waals surface area contributed by atoms with Crippen LogP contribution in [0.15, 0.2) is 64.2 Å². The van der Waals surface area contributed by atoms with E-state index in [4.69, 9.17) is 0 Å². The Labute approximate surface area is 141 Å². The van der Waals surface area contributed by atoms with Crippen LogP contribution in [0.1, 0.15) is 11.1 Å². The number of aromatic nitrogens is 2. The van der Waals surface area contributed by atoms with Crippen LogP contribution >= 0.6 is 0 Å². The molecule has 25 heavy (non-hydrogen) atoms. The first kappa shape index (κ1) is 14.9. The summed E-state index contributed by atoms with van der Waals surface area (Å²) in [7, 11) is 0. The maximum Gasteiger partial charge on any atom is 0.273 e. The van der Waals surface area contributed by atoms with Crippen LogP contribution in [0.5, 0.6) is 0 Å². The Hall–Kier alpha value is -3.67. The minimum Gasteiger partial charge on any atom is -0.321 e. The quantitative estimate of drug-likeness (QED) is 0.588. The average molecular weight is 331 g/mol. The topological polar surface area (TPSA) is 94.8 Å². The molecule has 1 aromatic heterocycles. The van der Waals surface area contributed by atoms with E-state index < -0.39 is 17.0 Å². The highest BCUT2D eigenvalue weighted by molar-refractivity contribution is 6.31. The molecule has 0 atom stereocenters. The highest BCUT2D eigenvalue weighted by Gasteiger charge is 2.25. The van der Waals surface area contributed by atoms with Crippen molar-refractivity contribution in [3.63, 3.8) is 0 Å². The van der Waals surface area contributed by atoms with E-state index in [-0.39, 0.29) is 16.3 Å². The largest absolute Gasteiger partial charge is 0.321 e. The van der Waals surface area contributed by atoms with Crippen molar-refractivity contribution in [2.45, 2.75) is 0 Å². The monoisotopic (exact) mass is 331 g/mol. The Morgan fingerprint density at radius 3 is 2.28 bits per heavy atom. The summed E-state index contributed by atoms with van der Waals surface area (Å²) in [6.07, 6.45) is 1.58. The predicted molar refractivity (Wildman–Crippen MR) is 94.5 cm³/mol. The molecule has 6 nitrogen and oxygen atoms in total. The molecule has 3 aromatic rings. The molecule has 3 N–H and O–H groups in total. The highest BCUT2D eigenvalue weighted by Crippen LogP contribution is 2.28.